The van der Waals surface area contributed by atoms with Gasteiger partial charge in [-0.05, 0) is 37.4 Å². The van der Waals surface area contributed by atoms with E-state index < -0.39 is 0 Å². The number of aliphatic hydroxyl groups excluding tert-OH is 1. The van der Waals surface area contributed by atoms with Gasteiger partial charge < -0.3 is 5.11 Å². The van der Waals surface area contributed by atoms with Crippen molar-refractivity contribution in [3.8, 4) is 11.8 Å². The smallest absolute Gasteiger partial charge is 0.104 e. The summed E-state index contributed by atoms with van der Waals surface area (Å²) in [6, 6.07) is 2.05. The van der Waals surface area contributed by atoms with E-state index in [2.05, 4.69) is 22.1 Å². The summed E-state index contributed by atoms with van der Waals surface area (Å²) in [5, 5.41) is 10.8. The lowest BCUT2D eigenvalue weighted by molar-refractivity contribution is 0.222. The summed E-state index contributed by atoms with van der Waals surface area (Å²) in [7, 11) is 0. The summed E-state index contributed by atoms with van der Waals surface area (Å²) in [5.41, 5.74) is 1.09. The molecule has 1 fully saturated rings. The normalized spacial score (nSPS) is 16.8. The van der Waals surface area contributed by atoms with Gasteiger partial charge in [0.2, 0.25) is 0 Å². The molecule has 16 heavy (non-hydrogen) atoms. The van der Waals surface area contributed by atoms with Crippen LogP contribution in [0.2, 0.25) is 0 Å². The number of hydrogen-bond acceptors (Lipinski definition) is 3. The summed E-state index contributed by atoms with van der Waals surface area (Å²) in [5.74, 6) is 5.74. The van der Waals surface area contributed by atoms with Crippen LogP contribution in [0.3, 0.4) is 0 Å². The minimum absolute atomic E-state index is 0.0565. The van der Waals surface area contributed by atoms with Crippen LogP contribution in [0, 0.1) is 11.8 Å². The van der Waals surface area contributed by atoms with E-state index in [1.54, 1.807) is 11.3 Å². The van der Waals surface area contributed by atoms with Gasteiger partial charge in [-0.15, -0.1) is 11.3 Å². The molecule has 0 bridgehead atoms. The van der Waals surface area contributed by atoms with Gasteiger partial charge in [0.25, 0.3) is 0 Å². The Morgan fingerprint density at radius 2 is 2.12 bits per heavy atom. The molecule has 1 aromatic rings. The minimum Gasteiger partial charge on any atom is -0.384 e. The van der Waals surface area contributed by atoms with E-state index in [0.717, 1.165) is 12.1 Å². The highest BCUT2D eigenvalue weighted by Crippen LogP contribution is 2.20. The molecule has 1 aliphatic heterocycles. The molecule has 3 heteroatoms. The SMILES string of the molecule is OCC#Cc1ccsc1CN1CCCCC1. The Balaban J connectivity index is 2.00. The lowest BCUT2D eigenvalue weighted by Crippen LogP contribution is -2.28. The maximum atomic E-state index is 8.70. The highest BCUT2D eigenvalue weighted by atomic mass is 32.1. The topological polar surface area (TPSA) is 23.5 Å². The molecule has 0 saturated carbocycles. The maximum Gasteiger partial charge on any atom is 0.104 e. The van der Waals surface area contributed by atoms with Crippen LogP contribution in [0.1, 0.15) is 29.7 Å². The van der Waals surface area contributed by atoms with E-state index in [1.165, 1.54) is 37.2 Å². The number of likely N-dealkylation sites (tertiary alicyclic amines) is 1. The van der Waals surface area contributed by atoms with Crippen LogP contribution in [-0.2, 0) is 6.54 Å². The van der Waals surface area contributed by atoms with E-state index in [9.17, 15) is 0 Å². The van der Waals surface area contributed by atoms with Crippen molar-refractivity contribution in [2.75, 3.05) is 19.7 Å². The zero-order valence-corrected chi connectivity index (χ0v) is 10.2. The van der Waals surface area contributed by atoms with E-state index in [4.69, 9.17) is 5.11 Å². The third-order valence-electron chi connectivity index (χ3n) is 2.86. The largest absolute Gasteiger partial charge is 0.384 e. The van der Waals surface area contributed by atoms with E-state index >= 15 is 0 Å². The molecular formula is C13H17NOS. The number of nitrogens with zero attached hydrogens (tertiary/aromatic N) is 1. The number of hydrogen-bond donors (Lipinski definition) is 1. The van der Waals surface area contributed by atoms with Gasteiger partial charge in [0, 0.05) is 17.0 Å². The summed E-state index contributed by atoms with van der Waals surface area (Å²) in [4.78, 5) is 3.84. The van der Waals surface area contributed by atoms with Crippen molar-refractivity contribution in [3.05, 3.63) is 21.9 Å². The number of thiophene rings is 1. The highest BCUT2D eigenvalue weighted by Gasteiger charge is 2.12. The molecule has 0 radical (unpaired) electrons. The molecule has 2 heterocycles. The van der Waals surface area contributed by atoms with Crippen molar-refractivity contribution < 1.29 is 5.11 Å². The zero-order valence-electron chi connectivity index (χ0n) is 9.41. The van der Waals surface area contributed by atoms with Gasteiger partial charge in [0.05, 0.1) is 0 Å². The van der Waals surface area contributed by atoms with Crippen molar-refractivity contribution in [2.24, 2.45) is 0 Å². The fraction of sp³-hybridized carbons (Fsp3) is 0.538. The minimum atomic E-state index is -0.0565. The standard InChI is InChI=1S/C13H17NOS/c15-9-4-5-12-6-10-16-13(12)11-14-7-2-1-3-8-14/h6,10,15H,1-3,7-9,11H2. The van der Waals surface area contributed by atoms with Crippen molar-refractivity contribution in [1.29, 1.82) is 0 Å². The molecule has 1 aliphatic rings. The predicted molar refractivity (Wildman–Crippen MR) is 67.4 cm³/mol. The van der Waals surface area contributed by atoms with Gasteiger partial charge in [0.15, 0.2) is 0 Å². The summed E-state index contributed by atoms with van der Waals surface area (Å²) >= 11 is 1.77. The van der Waals surface area contributed by atoms with Crippen molar-refractivity contribution in [2.45, 2.75) is 25.8 Å². The van der Waals surface area contributed by atoms with Crippen LogP contribution < -0.4 is 0 Å². The first-order chi connectivity index (χ1) is 7.90. The van der Waals surface area contributed by atoms with Crippen molar-refractivity contribution in [1.82, 2.24) is 4.90 Å². The van der Waals surface area contributed by atoms with Gasteiger partial charge >= 0.3 is 0 Å². The van der Waals surface area contributed by atoms with E-state index in [1.807, 2.05) is 6.07 Å². The quantitative estimate of drug-likeness (QED) is 0.793. The van der Waals surface area contributed by atoms with Gasteiger partial charge in [-0.3, -0.25) is 4.90 Å². The van der Waals surface area contributed by atoms with Crippen molar-refractivity contribution >= 4 is 11.3 Å². The predicted octanol–water partition coefficient (Wildman–Crippen LogP) is 2.08. The molecule has 2 rings (SSSR count). The Bertz CT molecular complexity index is 382. The van der Waals surface area contributed by atoms with Crippen LogP contribution in [0.4, 0.5) is 0 Å². The first-order valence-electron chi connectivity index (χ1n) is 5.78. The average Bonchev–Trinajstić information content (AvgIpc) is 2.75. The molecule has 0 atom stereocenters. The van der Waals surface area contributed by atoms with Gasteiger partial charge in [0.1, 0.15) is 6.61 Å². The maximum absolute atomic E-state index is 8.70. The fourth-order valence-corrected chi connectivity index (χ4v) is 2.90. The third kappa shape index (κ3) is 3.08. The van der Waals surface area contributed by atoms with Gasteiger partial charge in [-0.25, -0.2) is 0 Å². The number of aliphatic hydroxyl groups is 1. The first kappa shape index (κ1) is 11.7. The molecule has 0 spiro atoms. The van der Waals surface area contributed by atoms with Crippen LogP contribution in [0.25, 0.3) is 0 Å². The Morgan fingerprint density at radius 3 is 2.88 bits per heavy atom. The number of rotatable bonds is 2. The van der Waals surface area contributed by atoms with Crippen molar-refractivity contribution in [3.63, 3.8) is 0 Å². The lowest BCUT2D eigenvalue weighted by Gasteiger charge is -2.25. The average molecular weight is 235 g/mol. The highest BCUT2D eigenvalue weighted by molar-refractivity contribution is 7.10. The second kappa shape index (κ2) is 6.05. The Morgan fingerprint density at radius 1 is 1.31 bits per heavy atom. The number of piperidine rings is 1. The molecule has 86 valence electrons. The van der Waals surface area contributed by atoms with Crippen LogP contribution >= 0.6 is 11.3 Å². The molecule has 0 aromatic carbocycles. The molecule has 2 nitrogen and oxygen atoms in total. The monoisotopic (exact) mass is 235 g/mol. The molecule has 1 aromatic heterocycles. The Kier molecular flexibility index (Phi) is 4.41. The Labute approximate surface area is 101 Å². The summed E-state index contributed by atoms with van der Waals surface area (Å²) in [6.07, 6.45) is 4.02. The van der Waals surface area contributed by atoms with E-state index in [-0.39, 0.29) is 6.61 Å². The lowest BCUT2D eigenvalue weighted by atomic mass is 10.1. The second-order valence-corrected chi connectivity index (χ2v) is 5.05. The van der Waals surface area contributed by atoms with Gasteiger partial charge in [-0.1, -0.05) is 18.3 Å². The van der Waals surface area contributed by atoms with E-state index in [0.29, 0.717) is 0 Å². The third-order valence-corrected chi connectivity index (χ3v) is 3.77. The summed E-state index contributed by atoms with van der Waals surface area (Å²) in [6.45, 7) is 3.39. The fourth-order valence-electron chi connectivity index (χ4n) is 2.03. The molecule has 1 N–H and O–H groups in total. The van der Waals surface area contributed by atoms with Gasteiger partial charge in [-0.2, -0.15) is 0 Å². The summed E-state index contributed by atoms with van der Waals surface area (Å²) < 4.78 is 0. The van der Waals surface area contributed by atoms with Crippen LogP contribution in [0.5, 0.6) is 0 Å². The molecule has 0 unspecified atom stereocenters. The first-order valence-corrected chi connectivity index (χ1v) is 6.66. The molecular weight excluding hydrogens is 218 g/mol. The second-order valence-electron chi connectivity index (χ2n) is 4.05. The molecule has 0 aliphatic carbocycles. The zero-order chi connectivity index (χ0) is 11.2. The molecule has 0 amide bonds. The Hall–Kier alpha value is -0.820. The molecule has 1 saturated heterocycles. The van der Waals surface area contributed by atoms with Crippen LogP contribution in [0.15, 0.2) is 11.4 Å². The van der Waals surface area contributed by atoms with Crippen LogP contribution in [-0.4, -0.2) is 29.7 Å².